The number of aliphatic carboxylic acids is 1. The molecule has 0 fully saturated rings. The summed E-state index contributed by atoms with van der Waals surface area (Å²) in [5.74, 6) is -1.91. The quantitative estimate of drug-likeness (QED) is 0.907. The molecule has 20 heavy (non-hydrogen) atoms. The number of nitrogens with zero attached hydrogens (tertiary/aromatic N) is 2. The third kappa shape index (κ3) is 2.82. The van der Waals surface area contributed by atoms with Crippen molar-refractivity contribution in [3.8, 4) is 17.0 Å². The van der Waals surface area contributed by atoms with Gasteiger partial charge in [-0.15, -0.1) is 0 Å². The van der Waals surface area contributed by atoms with Gasteiger partial charge in [0, 0.05) is 24.0 Å². The molecule has 0 saturated heterocycles. The zero-order valence-electron chi connectivity index (χ0n) is 10.5. The molecule has 2 heterocycles. The van der Waals surface area contributed by atoms with Crippen molar-refractivity contribution < 1.29 is 19.0 Å². The van der Waals surface area contributed by atoms with Gasteiger partial charge in [-0.2, -0.15) is 0 Å². The third-order valence-electron chi connectivity index (χ3n) is 2.62. The summed E-state index contributed by atoms with van der Waals surface area (Å²) in [4.78, 5) is 25.9. The lowest BCUT2D eigenvalue weighted by atomic mass is 10.1. The maximum Gasteiger partial charge on any atom is 0.323 e. The number of halogens is 1. The van der Waals surface area contributed by atoms with Gasteiger partial charge < -0.3 is 14.4 Å². The predicted octanol–water partition coefficient (Wildman–Crippen LogP) is 1.14. The minimum absolute atomic E-state index is 0.132. The van der Waals surface area contributed by atoms with Crippen LogP contribution in [-0.2, 0) is 11.3 Å². The van der Waals surface area contributed by atoms with E-state index in [-0.39, 0.29) is 5.88 Å². The molecule has 1 N–H and O–H groups in total. The van der Waals surface area contributed by atoms with Crippen LogP contribution in [-0.4, -0.2) is 27.7 Å². The SMILES string of the molecule is COc1ncc(-c2ccc(=O)n(CC(=O)O)c2)cc1F. The molecule has 0 bridgehead atoms. The Bertz CT molecular complexity index is 712. The Morgan fingerprint density at radius 2 is 2.20 bits per heavy atom. The summed E-state index contributed by atoms with van der Waals surface area (Å²) in [5, 5.41) is 8.72. The average molecular weight is 278 g/mol. The highest BCUT2D eigenvalue weighted by Crippen LogP contribution is 2.22. The Balaban J connectivity index is 2.45. The molecule has 0 aliphatic rings. The number of methoxy groups -OCH3 is 1. The number of ether oxygens (including phenoxy) is 1. The Hall–Kier alpha value is -2.70. The highest BCUT2D eigenvalue weighted by molar-refractivity contribution is 5.67. The molecule has 0 unspecified atom stereocenters. The number of carbonyl (C=O) groups is 1. The Kier molecular flexibility index (Phi) is 3.79. The molecule has 0 aliphatic carbocycles. The molecule has 0 radical (unpaired) electrons. The highest BCUT2D eigenvalue weighted by atomic mass is 19.1. The number of hydrogen-bond acceptors (Lipinski definition) is 4. The molecule has 0 amide bonds. The van der Waals surface area contributed by atoms with Crippen LogP contribution in [0.3, 0.4) is 0 Å². The van der Waals surface area contributed by atoms with Crippen LogP contribution in [0.2, 0.25) is 0 Å². The highest BCUT2D eigenvalue weighted by Gasteiger charge is 2.09. The van der Waals surface area contributed by atoms with Gasteiger partial charge in [-0.25, -0.2) is 9.37 Å². The maximum absolute atomic E-state index is 13.6. The second-order valence-corrected chi connectivity index (χ2v) is 3.99. The number of pyridine rings is 2. The molecular weight excluding hydrogens is 267 g/mol. The van der Waals surface area contributed by atoms with Crippen LogP contribution in [0.25, 0.3) is 11.1 Å². The molecule has 0 saturated carbocycles. The van der Waals surface area contributed by atoms with Gasteiger partial charge in [-0.1, -0.05) is 0 Å². The first-order valence-electron chi connectivity index (χ1n) is 5.63. The van der Waals surface area contributed by atoms with E-state index < -0.39 is 23.9 Å². The van der Waals surface area contributed by atoms with Crippen molar-refractivity contribution >= 4 is 5.97 Å². The molecule has 7 heteroatoms. The summed E-state index contributed by atoms with van der Waals surface area (Å²) in [7, 11) is 1.30. The maximum atomic E-state index is 13.6. The van der Waals surface area contributed by atoms with Crippen molar-refractivity contribution in [2.45, 2.75) is 6.54 Å². The van der Waals surface area contributed by atoms with Crippen molar-refractivity contribution in [1.82, 2.24) is 9.55 Å². The van der Waals surface area contributed by atoms with E-state index in [4.69, 9.17) is 9.84 Å². The van der Waals surface area contributed by atoms with Crippen LogP contribution in [0, 0.1) is 5.82 Å². The number of carboxylic acid groups (broad SMARTS) is 1. The molecule has 2 aromatic rings. The van der Waals surface area contributed by atoms with Gasteiger partial charge in [0.15, 0.2) is 5.82 Å². The minimum atomic E-state index is -1.14. The third-order valence-corrected chi connectivity index (χ3v) is 2.62. The predicted molar refractivity (Wildman–Crippen MR) is 68.1 cm³/mol. The normalized spacial score (nSPS) is 10.3. The van der Waals surface area contributed by atoms with Crippen LogP contribution >= 0.6 is 0 Å². The molecule has 0 aromatic carbocycles. The van der Waals surface area contributed by atoms with Gasteiger partial charge in [-0.05, 0) is 17.7 Å². The summed E-state index contributed by atoms with van der Waals surface area (Å²) < 4.78 is 19.3. The van der Waals surface area contributed by atoms with Crippen molar-refractivity contribution in [1.29, 1.82) is 0 Å². The van der Waals surface area contributed by atoms with Crippen LogP contribution in [0.1, 0.15) is 0 Å². The lowest BCUT2D eigenvalue weighted by Gasteiger charge is -2.07. The lowest BCUT2D eigenvalue weighted by Crippen LogP contribution is -2.22. The molecule has 2 rings (SSSR count). The zero-order chi connectivity index (χ0) is 14.7. The number of rotatable bonds is 4. The largest absolute Gasteiger partial charge is 0.480 e. The first-order valence-corrected chi connectivity index (χ1v) is 5.63. The average Bonchev–Trinajstić information content (AvgIpc) is 2.40. The van der Waals surface area contributed by atoms with Gasteiger partial charge in [0.25, 0.3) is 5.56 Å². The van der Waals surface area contributed by atoms with E-state index in [0.717, 1.165) is 4.57 Å². The van der Waals surface area contributed by atoms with Crippen molar-refractivity contribution in [2.24, 2.45) is 0 Å². The molecule has 6 nitrogen and oxygen atoms in total. The second kappa shape index (κ2) is 5.52. The van der Waals surface area contributed by atoms with E-state index in [2.05, 4.69) is 4.98 Å². The summed E-state index contributed by atoms with van der Waals surface area (Å²) in [6.07, 6.45) is 2.73. The Morgan fingerprint density at radius 3 is 2.80 bits per heavy atom. The Labute approximate surface area is 113 Å². The van der Waals surface area contributed by atoms with Crippen LogP contribution < -0.4 is 10.3 Å². The van der Waals surface area contributed by atoms with Gasteiger partial charge in [-0.3, -0.25) is 9.59 Å². The van der Waals surface area contributed by atoms with E-state index in [1.165, 1.54) is 37.7 Å². The fourth-order valence-corrected chi connectivity index (χ4v) is 1.70. The molecule has 0 spiro atoms. The summed E-state index contributed by atoms with van der Waals surface area (Å²) >= 11 is 0. The van der Waals surface area contributed by atoms with E-state index >= 15 is 0 Å². The van der Waals surface area contributed by atoms with E-state index in [1.54, 1.807) is 0 Å². The fraction of sp³-hybridized carbons (Fsp3) is 0.154. The topological polar surface area (TPSA) is 81.4 Å². The summed E-state index contributed by atoms with van der Waals surface area (Å²) in [6.45, 7) is -0.460. The fourth-order valence-electron chi connectivity index (χ4n) is 1.70. The van der Waals surface area contributed by atoms with Crippen molar-refractivity contribution in [2.75, 3.05) is 7.11 Å². The summed E-state index contributed by atoms with van der Waals surface area (Å²) in [5.41, 5.74) is 0.459. The smallest absolute Gasteiger partial charge is 0.323 e. The zero-order valence-corrected chi connectivity index (χ0v) is 10.5. The molecule has 0 aliphatic heterocycles. The molecule has 2 aromatic heterocycles. The molecule has 0 atom stereocenters. The van der Waals surface area contributed by atoms with Gasteiger partial charge in [0.2, 0.25) is 5.88 Å². The van der Waals surface area contributed by atoms with Gasteiger partial charge >= 0.3 is 5.97 Å². The van der Waals surface area contributed by atoms with Gasteiger partial charge in [0.1, 0.15) is 6.54 Å². The number of carboxylic acids is 1. The van der Waals surface area contributed by atoms with Crippen molar-refractivity contribution in [3.05, 3.63) is 46.8 Å². The monoisotopic (exact) mass is 278 g/mol. The van der Waals surface area contributed by atoms with E-state index in [9.17, 15) is 14.0 Å². The van der Waals surface area contributed by atoms with Crippen molar-refractivity contribution in [3.63, 3.8) is 0 Å². The first kappa shape index (κ1) is 13.7. The summed E-state index contributed by atoms with van der Waals surface area (Å²) in [6, 6.07) is 3.90. The number of hydrogen-bond donors (Lipinski definition) is 1. The van der Waals surface area contributed by atoms with Crippen LogP contribution in [0.5, 0.6) is 5.88 Å². The first-order chi connectivity index (χ1) is 9.51. The number of aromatic nitrogens is 2. The van der Waals surface area contributed by atoms with E-state index in [0.29, 0.717) is 11.1 Å². The van der Waals surface area contributed by atoms with E-state index in [1.807, 2.05) is 0 Å². The van der Waals surface area contributed by atoms with Crippen LogP contribution in [0.15, 0.2) is 35.4 Å². The van der Waals surface area contributed by atoms with Gasteiger partial charge in [0.05, 0.1) is 7.11 Å². The standard InChI is InChI=1S/C13H11FN2O4/c1-20-13-10(14)4-9(5-15-13)8-2-3-11(17)16(6-8)7-12(18)19/h2-6H,7H2,1H3,(H,18,19). The Morgan fingerprint density at radius 1 is 1.45 bits per heavy atom. The lowest BCUT2D eigenvalue weighted by molar-refractivity contribution is -0.137. The molecular formula is C13H11FN2O4. The van der Waals surface area contributed by atoms with Crippen LogP contribution in [0.4, 0.5) is 4.39 Å². The molecule has 104 valence electrons. The minimum Gasteiger partial charge on any atom is -0.480 e. The second-order valence-electron chi connectivity index (χ2n) is 3.99.